The molecule has 4 nitrogen and oxygen atoms in total. The van der Waals surface area contributed by atoms with Crippen molar-refractivity contribution in [3.8, 4) is 0 Å². The lowest BCUT2D eigenvalue weighted by molar-refractivity contribution is -0.200. The van der Waals surface area contributed by atoms with Crippen LogP contribution in [-0.4, -0.2) is 46.6 Å². The topological polar surface area (TPSA) is 40.2 Å². The van der Waals surface area contributed by atoms with Crippen molar-refractivity contribution in [1.29, 1.82) is 0 Å². The fourth-order valence-electron chi connectivity index (χ4n) is 4.76. The highest BCUT2D eigenvalue weighted by Crippen LogP contribution is 2.43. The highest BCUT2D eigenvalue weighted by atomic mass is 28.4. The highest BCUT2D eigenvalue weighted by molar-refractivity contribution is 6.99. The van der Waals surface area contributed by atoms with Gasteiger partial charge in [0.25, 0.3) is 8.32 Å². The molecule has 2 aliphatic rings. The molecule has 2 saturated heterocycles. The van der Waals surface area contributed by atoms with Gasteiger partial charge in [0.15, 0.2) is 6.29 Å². The second-order valence-electron chi connectivity index (χ2n) is 9.18. The van der Waals surface area contributed by atoms with Crippen LogP contribution < -0.4 is 10.4 Å². The summed E-state index contributed by atoms with van der Waals surface area (Å²) in [7, 11) is -0.872. The standard InChI is InChI=1S/C24H32O4Si/c1-17-21-22(28-21)20(27-23(17)25-5)16-26-29(24(2,3)4,18-12-8-6-9-13-18)19-14-10-7-11-15-19/h6-15,17,20-23H,16H2,1-5H3/t17-,20-,21+,22-,23+/m1/s1. The van der Waals surface area contributed by atoms with Crippen molar-refractivity contribution < 1.29 is 18.6 Å². The van der Waals surface area contributed by atoms with Crippen LogP contribution in [0.4, 0.5) is 0 Å². The number of fused-ring (bicyclic) bond motifs is 1. The Labute approximate surface area is 175 Å². The number of ether oxygens (including phenoxy) is 3. The zero-order chi connectivity index (χ0) is 20.6. The average Bonchev–Trinajstić information content (AvgIpc) is 3.52. The molecule has 2 aliphatic heterocycles. The van der Waals surface area contributed by atoms with E-state index in [1.165, 1.54) is 10.4 Å². The number of hydrogen-bond donors (Lipinski definition) is 0. The zero-order valence-corrected chi connectivity index (χ0v) is 19.0. The van der Waals surface area contributed by atoms with E-state index in [0.29, 0.717) is 6.61 Å². The number of methoxy groups -OCH3 is 1. The zero-order valence-electron chi connectivity index (χ0n) is 18.0. The molecule has 29 heavy (non-hydrogen) atoms. The Hall–Kier alpha value is -1.50. The van der Waals surface area contributed by atoms with E-state index in [4.69, 9.17) is 18.6 Å². The maximum absolute atomic E-state index is 7.01. The van der Waals surface area contributed by atoms with Crippen LogP contribution in [-0.2, 0) is 18.6 Å². The number of epoxide rings is 1. The lowest BCUT2D eigenvalue weighted by Gasteiger charge is -2.44. The third-order valence-corrected chi connectivity index (χ3v) is 11.3. The van der Waals surface area contributed by atoms with E-state index >= 15 is 0 Å². The first-order chi connectivity index (χ1) is 13.9. The Morgan fingerprint density at radius 3 is 1.90 bits per heavy atom. The largest absolute Gasteiger partial charge is 0.405 e. The summed E-state index contributed by atoms with van der Waals surface area (Å²) in [5.74, 6) is 0.245. The van der Waals surface area contributed by atoms with Crippen LogP contribution in [0, 0.1) is 5.92 Å². The second-order valence-corrected chi connectivity index (χ2v) is 13.5. The first kappa shape index (κ1) is 20.8. The molecule has 0 unspecified atom stereocenters. The van der Waals surface area contributed by atoms with Crippen LogP contribution >= 0.6 is 0 Å². The number of rotatable bonds is 6. The van der Waals surface area contributed by atoms with E-state index in [0.717, 1.165) is 0 Å². The Bertz CT molecular complexity index is 765. The van der Waals surface area contributed by atoms with Crippen molar-refractivity contribution in [2.24, 2.45) is 5.92 Å². The summed E-state index contributed by atoms with van der Waals surface area (Å²) in [5, 5.41) is 2.50. The monoisotopic (exact) mass is 412 g/mol. The molecule has 2 heterocycles. The van der Waals surface area contributed by atoms with E-state index in [2.05, 4.69) is 88.4 Å². The minimum Gasteiger partial charge on any atom is -0.405 e. The minimum atomic E-state index is -2.57. The summed E-state index contributed by atoms with van der Waals surface area (Å²) >= 11 is 0. The lowest BCUT2D eigenvalue weighted by atomic mass is 9.99. The van der Waals surface area contributed by atoms with Crippen LogP contribution in [0.5, 0.6) is 0 Å². The Morgan fingerprint density at radius 1 is 0.862 bits per heavy atom. The summed E-state index contributed by atoms with van der Waals surface area (Å²) in [6.07, 6.45) is -0.0367. The molecule has 0 spiro atoms. The molecule has 5 heteroatoms. The van der Waals surface area contributed by atoms with Crippen LogP contribution in [0.15, 0.2) is 60.7 Å². The molecular weight excluding hydrogens is 380 g/mol. The van der Waals surface area contributed by atoms with Crippen molar-refractivity contribution in [3.63, 3.8) is 0 Å². The van der Waals surface area contributed by atoms with Gasteiger partial charge in [-0.05, 0) is 15.4 Å². The molecule has 2 aromatic rings. The molecule has 0 amide bonds. The van der Waals surface area contributed by atoms with Crippen LogP contribution in [0.25, 0.3) is 0 Å². The molecule has 0 radical (unpaired) electrons. The van der Waals surface area contributed by atoms with E-state index < -0.39 is 8.32 Å². The molecule has 0 N–H and O–H groups in total. The van der Waals surface area contributed by atoms with Crippen LogP contribution in [0.3, 0.4) is 0 Å². The van der Waals surface area contributed by atoms with Gasteiger partial charge in [-0.1, -0.05) is 88.4 Å². The van der Waals surface area contributed by atoms with E-state index in [-0.39, 0.29) is 35.6 Å². The summed E-state index contributed by atoms with van der Waals surface area (Å²) in [6.45, 7) is 9.49. The molecule has 2 aromatic carbocycles. The molecule has 0 aliphatic carbocycles. The van der Waals surface area contributed by atoms with Crippen molar-refractivity contribution in [2.45, 2.75) is 57.3 Å². The highest BCUT2D eigenvalue weighted by Gasteiger charge is 2.57. The van der Waals surface area contributed by atoms with Gasteiger partial charge in [0.2, 0.25) is 0 Å². The van der Waals surface area contributed by atoms with E-state index in [9.17, 15) is 0 Å². The summed E-state index contributed by atoms with van der Waals surface area (Å²) < 4.78 is 24.7. The Kier molecular flexibility index (Phi) is 5.70. The molecule has 0 bridgehead atoms. The molecule has 156 valence electrons. The predicted octanol–water partition coefficient (Wildman–Crippen LogP) is 3.34. The predicted molar refractivity (Wildman–Crippen MR) is 117 cm³/mol. The fraction of sp³-hybridized carbons (Fsp3) is 0.500. The van der Waals surface area contributed by atoms with Crippen molar-refractivity contribution in [3.05, 3.63) is 60.7 Å². The quantitative estimate of drug-likeness (QED) is 0.539. The van der Waals surface area contributed by atoms with Gasteiger partial charge in [-0.15, -0.1) is 0 Å². The van der Waals surface area contributed by atoms with Gasteiger partial charge in [0.05, 0.1) is 12.7 Å². The molecule has 4 rings (SSSR count). The van der Waals surface area contributed by atoms with Gasteiger partial charge in [-0.3, -0.25) is 0 Å². The SMILES string of the molecule is CO[C@H]1O[C@H](CO[Si](c2ccccc2)(c2ccccc2)C(C)(C)C)[C@H]2O[C@H]2[C@H]1C. The van der Waals surface area contributed by atoms with Crippen LogP contribution in [0.2, 0.25) is 5.04 Å². The Morgan fingerprint density at radius 2 is 1.41 bits per heavy atom. The normalized spacial score (nSPS) is 29.3. The minimum absolute atomic E-state index is 0.0534. The lowest BCUT2D eigenvalue weighted by Crippen LogP contribution is -2.67. The van der Waals surface area contributed by atoms with E-state index in [1.807, 2.05) is 0 Å². The molecule has 0 aromatic heterocycles. The third kappa shape index (κ3) is 3.71. The first-order valence-electron chi connectivity index (χ1n) is 10.5. The maximum Gasteiger partial charge on any atom is 0.261 e. The molecular formula is C24H32O4Si. The number of benzene rings is 2. The summed E-state index contributed by atoms with van der Waals surface area (Å²) in [5.41, 5.74) is 0. The second kappa shape index (κ2) is 7.97. The Balaban J connectivity index is 1.68. The summed E-state index contributed by atoms with van der Waals surface area (Å²) in [6, 6.07) is 21.4. The van der Waals surface area contributed by atoms with Gasteiger partial charge in [-0.25, -0.2) is 0 Å². The van der Waals surface area contributed by atoms with Gasteiger partial charge in [0.1, 0.15) is 12.2 Å². The first-order valence-corrected chi connectivity index (χ1v) is 12.4. The smallest absolute Gasteiger partial charge is 0.261 e. The molecule has 5 atom stereocenters. The molecule has 2 fully saturated rings. The van der Waals surface area contributed by atoms with Crippen molar-refractivity contribution in [2.75, 3.05) is 13.7 Å². The molecule has 0 saturated carbocycles. The van der Waals surface area contributed by atoms with Gasteiger partial charge >= 0.3 is 0 Å². The van der Waals surface area contributed by atoms with Gasteiger partial charge in [-0.2, -0.15) is 0 Å². The fourth-order valence-corrected chi connectivity index (χ4v) is 9.33. The average molecular weight is 413 g/mol. The van der Waals surface area contributed by atoms with Crippen LogP contribution in [0.1, 0.15) is 27.7 Å². The van der Waals surface area contributed by atoms with E-state index in [1.54, 1.807) is 7.11 Å². The number of hydrogen-bond acceptors (Lipinski definition) is 4. The van der Waals surface area contributed by atoms with Crippen molar-refractivity contribution in [1.82, 2.24) is 0 Å². The maximum atomic E-state index is 7.01. The van der Waals surface area contributed by atoms with Gasteiger partial charge in [0, 0.05) is 13.0 Å². The van der Waals surface area contributed by atoms with Gasteiger partial charge < -0.3 is 18.6 Å². The summed E-state index contributed by atoms with van der Waals surface area (Å²) in [4.78, 5) is 0. The van der Waals surface area contributed by atoms with Crippen molar-refractivity contribution >= 4 is 18.7 Å². The third-order valence-electron chi connectivity index (χ3n) is 6.30.